The Kier molecular flexibility index (Phi) is 4.16. The van der Waals surface area contributed by atoms with Gasteiger partial charge in [0.25, 0.3) is 0 Å². The number of hydrogen-bond donors (Lipinski definition) is 2. The van der Waals surface area contributed by atoms with Crippen LogP contribution in [-0.4, -0.2) is 41.7 Å². The van der Waals surface area contributed by atoms with Gasteiger partial charge in [-0.1, -0.05) is 5.11 Å². The highest BCUT2D eigenvalue weighted by Crippen LogP contribution is 2.29. The van der Waals surface area contributed by atoms with Crippen LogP contribution < -0.4 is 0 Å². The number of aliphatic hydroxyl groups is 2. The Hall–Kier alpha value is -0.810. The van der Waals surface area contributed by atoms with Gasteiger partial charge in [0, 0.05) is 17.4 Å². The molecule has 0 aliphatic carbocycles. The van der Waals surface area contributed by atoms with Gasteiger partial charge in [-0.2, -0.15) is 0 Å². The zero-order chi connectivity index (χ0) is 10.6. The van der Waals surface area contributed by atoms with E-state index in [2.05, 4.69) is 10.0 Å². The number of nitrogens with zero attached hydrogens (tertiary/aromatic N) is 3. The standard InChI is InChI=1S/C8H15N3O3/c1-5-8(13)6(2-3-10-11-9)7(4-12)14-5/h5-8,12-13H,2-4H2,1H3/t5-,6?,7+,8+/m0/s1. The molecule has 1 aliphatic rings. The molecule has 0 bridgehead atoms. The first-order valence-corrected chi connectivity index (χ1v) is 4.66. The lowest BCUT2D eigenvalue weighted by molar-refractivity contribution is -0.00254. The Morgan fingerprint density at radius 3 is 2.86 bits per heavy atom. The van der Waals surface area contributed by atoms with Crippen LogP contribution in [-0.2, 0) is 4.74 Å². The Labute approximate surface area is 82.1 Å². The summed E-state index contributed by atoms with van der Waals surface area (Å²) in [6.45, 7) is 1.98. The first-order valence-electron chi connectivity index (χ1n) is 4.66. The average Bonchev–Trinajstić information content (AvgIpc) is 2.45. The monoisotopic (exact) mass is 201 g/mol. The maximum atomic E-state index is 9.69. The number of ether oxygens (including phenoxy) is 1. The summed E-state index contributed by atoms with van der Waals surface area (Å²) < 4.78 is 5.33. The highest BCUT2D eigenvalue weighted by Gasteiger charge is 2.40. The maximum Gasteiger partial charge on any atom is 0.0864 e. The van der Waals surface area contributed by atoms with Gasteiger partial charge in [-0.05, 0) is 18.9 Å². The summed E-state index contributed by atoms with van der Waals surface area (Å²) in [5.41, 5.74) is 8.10. The van der Waals surface area contributed by atoms with Crippen molar-refractivity contribution in [2.75, 3.05) is 13.2 Å². The molecule has 1 unspecified atom stereocenters. The molecule has 1 heterocycles. The second kappa shape index (κ2) is 5.17. The molecule has 80 valence electrons. The van der Waals surface area contributed by atoms with E-state index in [-0.39, 0.29) is 24.7 Å². The Morgan fingerprint density at radius 2 is 2.29 bits per heavy atom. The predicted molar refractivity (Wildman–Crippen MR) is 49.5 cm³/mol. The first-order chi connectivity index (χ1) is 6.70. The summed E-state index contributed by atoms with van der Waals surface area (Å²) in [5, 5.41) is 22.1. The van der Waals surface area contributed by atoms with E-state index >= 15 is 0 Å². The van der Waals surface area contributed by atoms with Crippen molar-refractivity contribution in [3.05, 3.63) is 10.4 Å². The van der Waals surface area contributed by atoms with Crippen molar-refractivity contribution < 1.29 is 14.9 Å². The van der Waals surface area contributed by atoms with Crippen LogP contribution in [0.1, 0.15) is 13.3 Å². The SMILES string of the molecule is C[C@@H]1O[C@H](CO)C(CCN=[N+]=[N-])[C@@H]1O. The second-order valence-corrected chi connectivity index (χ2v) is 3.46. The van der Waals surface area contributed by atoms with Gasteiger partial charge in [-0.15, -0.1) is 0 Å². The molecule has 14 heavy (non-hydrogen) atoms. The van der Waals surface area contributed by atoms with Gasteiger partial charge in [-0.25, -0.2) is 0 Å². The summed E-state index contributed by atoms with van der Waals surface area (Å²) in [5.74, 6) is -0.138. The molecule has 0 spiro atoms. The van der Waals surface area contributed by atoms with E-state index < -0.39 is 6.10 Å². The average molecular weight is 201 g/mol. The van der Waals surface area contributed by atoms with Crippen LogP contribution in [0, 0.1) is 5.92 Å². The van der Waals surface area contributed by atoms with Gasteiger partial charge in [0.05, 0.1) is 24.9 Å². The molecule has 0 aromatic heterocycles. The van der Waals surface area contributed by atoms with Crippen molar-refractivity contribution in [1.29, 1.82) is 0 Å². The molecule has 0 radical (unpaired) electrons. The molecule has 1 rings (SSSR count). The van der Waals surface area contributed by atoms with Crippen LogP contribution in [0.15, 0.2) is 5.11 Å². The molecule has 1 saturated heterocycles. The van der Waals surface area contributed by atoms with E-state index in [0.29, 0.717) is 13.0 Å². The van der Waals surface area contributed by atoms with E-state index in [1.54, 1.807) is 6.92 Å². The van der Waals surface area contributed by atoms with E-state index in [1.165, 1.54) is 0 Å². The fraction of sp³-hybridized carbons (Fsp3) is 1.00. The summed E-state index contributed by atoms with van der Waals surface area (Å²) in [6.07, 6.45) is -0.640. The van der Waals surface area contributed by atoms with Crippen molar-refractivity contribution in [2.24, 2.45) is 11.0 Å². The van der Waals surface area contributed by atoms with Crippen LogP contribution in [0.3, 0.4) is 0 Å². The lowest BCUT2D eigenvalue weighted by Gasteiger charge is -2.17. The highest BCUT2D eigenvalue weighted by molar-refractivity contribution is 4.88. The van der Waals surface area contributed by atoms with Crippen molar-refractivity contribution >= 4 is 0 Å². The molecule has 4 atom stereocenters. The van der Waals surface area contributed by atoms with E-state index in [0.717, 1.165) is 0 Å². The maximum absolute atomic E-state index is 9.69. The minimum Gasteiger partial charge on any atom is -0.394 e. The molecule has 1 fully saturated rings. The minimum atomic E-state index is -0.582. The fourth-order valence-corrected chi connectivity index (χ4v) is 1.81. The molecule has 0 saturated carbocycles. The van der Waals surface area contributed by atoms with Crippen LogP contribution in [0.2, 0.25) is 0 Å². The Bertz CT molecular complexity index is 230. The van der Waals surface area contributed by atoms with Gasteiger partial charge in [0.1, 0.15) is 0 Å². The largest absolute Gasteiger partial charge is 0.394 e. The fourth-order valence-electron chi connectivity index (χ4n) is 1.81. The van der Waals surface area contributed by atoms with Gasteiger partial charge < -0.3 is 14.9 Å². The highest BCUT2D eigenvalue weighted by atomic mass is 16.5. The van der Waals surface area contributed by atoms with Crippen LogP contribution >= 0.6 is 0 Å². The third-order valence-corrected chi connectivity index (χ3v) is 2.59. The smallest absolute Gasteiger partial charge is 0.0864 e. The molecule has 0 aromatic carbocycles. The van der Waals surface area contributed by atoms with Crippen molar-refractivity contribution in [3.8, 4) is 0 Å². The number of aliphatic hydroxyl groups excluding tert-OH is 2. The molecule has 6 nitrogen and oxygen atoms in total. The molecule has 1 aliphatic heterocycles. The molecule has 0 amide bonds. The number of rotatable bonds is 4. The molecular weight excluding hydrogens is 186 g/mol. The summed E-state index contributed by atoms with van der Waals surface area (Å²) in [4.78, 5) is 2.63. The van der Waals surface area contributed by atoms with E-state index in [1.807, 2.05) is 0 Å². The third-order valence-electron chi connectivity index (χ3n) is 2.59. The lowest BCUT2D eigenvalue weighted by Crippen LogP contribution is -2.28. The van der Waals surface area contributed by atoms with Gasteiger partial charge >= 0.3 is 0 Å². The van der Waals surface area contributed by atoms with Crippen LogP contribution in [0.5, 0.6) is 0 Å². The van der Waals surface area contributed by atoms with Gasteiger partial charge in [-0.3, -0.25) is 0 Å². The van der Waals surface area contributed by atoms with Crippen molar-refractivity contribution in [1.82, 2.24) is 0 Å². The second-order valence-electron chi connectivity index (χ2n) is 3.46. The topological polar surface area (TPSA) is 98.5 Å². The zero-order valence-electron chi connectivity index (χ0n) is 8.08. The van der Waals surface area contributed by atoms with Crippen LogP contribution in [0.25, 0.3) is 10.4 Å². The summed E-state index contributed by atoms with van der Waals surface area (Å²) >= 11 is 0. The van der Waals surface area contributed by atoms with Crippen molar-refractivity contribution in [3.63, 3.8) is 0 Å². The van der Waals surface area contributed by atoms with Crippen molar-refractivity contribution in [2.45, 2.75) is 31.7 Å². The van der Waals surface area contributed by atoms with Gasteiger partial charge in [0.15, 0.2) is 0 Å². The number of hydrogen-bond acceptors (Lipinski definition) is 4. The lowest BCUT2D eigenvalue weighted by atomic mass is 9.93. The first kappa shape index (κ1) is 11.3. The molecule has 2 N–H and O–H groups in total. The molecule has 0 aromatic rings. The van der Waals surface area contributed by atoms with Gasteiger partial charge in [0.2, 0.25) is 0 Å². The Balaban J connectivity index is 2.50. The minimum absolute atomic E-state index is 0.109. The summed E-state index contributed by atoms with van der Waals surface area (Å²) in [6, 6.07) is 0. The van der Waals surface area contributed by atoms with Crippen LogP contribution in [0.4, 0.5) is 0 Å². The third kappa shape index (κ3) is 2.36. The predicted octanol–water partition coefficient (Wildman–Crippen LogP) is 0.443. The van der Waals surface area contributed by atoms with E-state index in [4.69, 9.17) is 15.4 Å². The zero-order valence-corrected chi connectivity index (χ0v) is 8.08. The van der Waals surface area contributed by atoms with E-state index in [9.17, 15) is 5.11 Å². The number of azide groups is 1. The molecule has 6 heteroatoms. The Morgan fingerprint density at radius 1 is 1.57 bits per heavy atom. The summed E-state index contributed by atoms with van der Waals surface area (Å²) in [7, 11) is 0. The quantitative estimate of drug-likeness (QED) is 0.392. The molecular formula is C8H15N3O3. The normalized spacial score (nSPS) is 36.8.